The Kier molecular flexibility index (Phi) is 4.12. The number of nitrogens with zero attached hydrogens (tertiary/aromatic N) is 1. The number of anilines is 1. The molecular weight excluding hydrogens is 294 g/mol. The van der Waals surface area contributed by atoms with Crippen molar-refractivity contribution in [3.8, 4) is 0 Å². The van der Waals surface area contributed by atoms with Crippen molar-refractivity contribution in [2.75, 3.05) is 17.2 Å². The molecular formula is C18H19NO2S. The maximum absolute atomic E-state index is 12.9. The van der Waals surface area contributed by atoms with Gasteiger partial charge in [0.15, 0.2) is 0 Å². The van der Waals surface area contributed by atoms with Crippen LogP contribution in [0.25, 0.3) is 0 Å². The summed E-state index contributed by atoms with van der Waals surface area (Å²) < 4.78 is 12.6. The first-order valence-electron chi connectivity index (χ1n) is 7.45. The first-order chi connectivity index (χ1) is 10.6. The van der Waals surface area contributed by atoms with Gasteiger partial charge in [0, 0.05) is 17.9 Å². The van der Waals surface area contributed by atoms with Crippen LogP contribution in [0.4, 0.5) is 5.69 Å². The maximum atomic E-state index is 12.9. The lowest BCUT2D eigenvalue weighted by Gasteiger charge is -2.25. The Bertz CT molecular complexity index is 740. The number of fused-ring (bicyclic) bond motifs is 1. The second-order valence-electron chi connectivity index (χ2n) is 5.60. The predicted molar refractivity (Wildman–Crippen MR) is 89.9 cm³/mol. The van der Waals surface area contributed by atoms with Gasteiger partial charge in [-0.2, -0.15) is 0 Å². The number of carbonyl (C=O) groups is 1. The Hall–Kier alpha value is -1.94. The molecule has 0 fully saturated rings. The lowest BCUT2D eigenvalue weighted by Crippen LogP contribution is -2.32. The fourth-order valence-corrected chi connectivity index (χ4v) is 4.41. The predicted octanol–water partition coefficient (Wildman–Crippen LogP) is 3.46. The van der Waals surface area contributed by atoms with Crippen molar-refractivity contribution < 1.29 is 9.00 Å². The molecule has 2 aromatic carbocycles. The molecule has 1 atom stereocenters. The van der Waals surface area contributed by atoms with E-state index in [1.807, 2.05) is 56.3 Å². The summed E-state index contributed by atoms with van der Waals surface area (Å²) in [5.74, 6) is 0.588. The molecule has 0 N–H and O–H groups in total. The summed E-state index contributed by atoms with van der Waals surface area (Å²) in [4.78, 5) is 15.5. The first-order valence-corrected chi connectivity index (χ1v) is 8.77. The summed E-state index contributed by atoms with van der Waals surface area (Å²) in [6.07, 6.45) is 0.749. The number of hydrogen-bond donors (Lipinski definition) is 0. The van der Waals surface area contributed by atoms with E-state index in [1.165, 1.54) is 0 Å². The Morgan fingerprint density at radius 1 is 1.05 bits per heavy atom. The highest BCUT2D eigenvalue weighted by Gasteiger charge is 2.28. The van der Waals surface area contributed by atoms with Gasteiger partial charge in [0.05, 0.1) is 21.4 Å². The standard InChI is InChI=1S/C18H19NO2S/c1-13-9-10-14(2)17-16(13)19(11-6-12-22(17)21)18(20)15-7-4-3-5-8-15/h3-5,7-10H,6,11-12H2,1-2H3. The van der Waals surface area contributed by atoms with E-state index in [9.17, 15) is 9.00 Å². The molecule has 1 amide bonds. The van der Waals surface area contributed by atoms with Crippen LogP contribution >= 0.6 is 0 Å². The first kappa shape index (κ1) is 15.0. The van der Waals surface area contributed by atoms with E-state index in [0.29, 0.717) is 17.9 Å². The minimum atomic E-state index is -1.04. The molecule has 1 heterocycles. The Morgan fingerprint density at radius 2 is 1.73 bits per heavy atom. The lowest BCUT2D eigenvalue weighted by molar-refractivity contribution is 0.0986. The summed E-state index contributed by atoms with van der Waals surface area (Å²) in [6.45, 7) is 4.55. The summed E-state index contributed by atoms with van der Waals surface area (Å²) >= 11 is 0. The van der Waals surface area contributed by atoms with Crippen molar-refractivity contribution in [1.82, 2.24) is 0 Å². The van der Waals surface area contributed by atoms with Crippen LogP contribution in [0.5, 0.6) is 0 Å². The van der Waals surface area contributed by atoms with E-state index in [1.54, 1.807) is 4.90 Å². The third-order valence-corrected chi connectivity index (χ3v) is 5.64. The lowest BCUT2D eigenvalue weighted by atomic mass is 10.1. The molecule has 0 aromatic heterocycles. The molecule has 0 saturated carbocycles. The largest absolute Gasteiger partial charge is 0.307 e. The van der Waals surface area contributed by atoms with E-state index < -0.39 is 10.8 Å². The van der Waals surface area contributed by atoms with Gasteiger partial charge in [-0.05, 0) is 43.5 Å². The monoisotopic (exact) mass is 313 g/mol. The van der Waals surface area contributed by atoms with Crippen LogP contribution in [0.15, 0.2) is 47.4 Å². The van der Waals surface area contributed by atoms with Gasteiger partial charge >= 0.3 is 0 Å². The van der Waals surface area contributed by atoms with E-state index in [0.717, 1.165) is 28.1 Å². The third kappa shape index (κ3) is 2.59. The topological polar surface area (TPSA) is 37.4 Å². The summed E-state index contributed by atoms with van der Waals surface area (Å²) in [6, 6.07) is 13.3. The van der Waals surface area contributed by atoms with Crippen molar-refractivity contribution >= 4 is 22.4 Å². The van der Waals surface area contributed by atoms with Crippen molar-refractivity contribution in [2.24, 2.45) is 0 Å². The average molecular weight is 313 g/mol. The van der Waals surface area contributed by atoms with Gasteiger partial charge in [-0.15, -0.1) is 0 Å². The molecule has 1 aliphatic rings. The van der Waals surface area contributed by atoms with E-state index >= 15 is 0 Å². The van der Waals surface area contributed by atoms with E-state index in [4.69, 9.17) is 0 Å². The third-order valence-electron chi connectivity index (χ3n) is 4.01. The van der Waals surface area contributed by atoms with Crippen LogP contribution in [0.2, 0.25) is 0 Å². The van der Waals surface area contributed by atoms with Gasteiger partial charge < -0.3 is 4.90 Å². The highest BCUT2D eigenvalue weighted by atomic mass is 32.2. The zero-order valence-electron chi connectivity index (χ0n) is 12.8. The molecule has 1 unspecified atom stereocenters. The highest BCUT2D eigenvalue weighted by Crippen LogP contribution is 2.34. The highest BCUT2D eigenvalue weighted by molar-refractivity contribution is 7.85. The van der Waals surface area contributed by atoms with E-state index in [2.05, 4.69) is 0 Å². The van der Waals surface area contributed by atoms with Crippen molar-refractivity contribution in [2.45, 2.75) is 25.2 Å². The zero-order valence-corrected chi connectivity index (χ0v) is 13.7. The molecule has 0 radical (unpaired) electrons. The Balaban J connectivity index is 2.15. The smallest absolute Gasteiger partial charge is 0.258 e. The van der Waals surface area contributed by atoms with Crippen LogP contribution < -0.4 is 4.90 Å². The number of aryl methyl sites for hydroxylation is 2. The summed E-state index contributed by atoms with van der Waals surface area (Å²) in [5, 5.41) is 0. The fourth-order valence-electron chi connectivity index (χ4n) is 2.90. The molecule has 0 spiro atoms. The molecule has 1 aliphatic heterocycles. The van der Waals surface area contributed by atoms with Crippen LogP contribution in [0.1, 0.15) is 27.9 Å². The second-order valence-corrected chi connectivity index (χ2v) is 7.11. The minimum absolute atomic E-state index is 0.0190. The number of carbonyl (C=O) groups excluding carboxylic acids is 1. The summed E-state index contributed by atoms with van der Waals surface area (Å²) in [5.41, 5.74) is 3.50. The molecule has 0 saturated heterocycles. The van der Waals surface area contributed by atoms with Crippen molar-refractivity contribution in [1.29, 1.82) is 0 Å². The van der Waals surface area contributed by atoms with Crippen LogP contribution in [0, 0.1) is 13.8 Å². The number of hydrogen-bond acceptors (Lipinski definition) is 2. The quantitative estimate of drug-likeness (QED) is 0.808. The Morgan fingerprint density at radius 3 is 2.45 bits per heavy atom. The van der Waals surface area contributed by atoms with Gasteiger partial charge in [0.25, 0.3) is 5.91 Å². The molecule has 0 bridgehead atoms. The van der Waals surface area contributed by atoms with Crippen LogP contribution in [-0.2, 0) is 10.8 Å². The fraction of sp³-hybridized carbons (Fsp3) is 0.278. The number of rotatable bonds is 1. The molecule has 3 nitrogen and oxygen atoms in total. The normalized spacial score (nSPS) is 17.7. The molecule has 0 aliphatic carbocycles. The average Bonchev–Trinajstić information content (AvgIpc) is 2.71. The zero-order chi connectivity index (χ0) is 15.7. The maximum Gasteiger partial charge on any atom is 0.258 e. The molecule has 114 valence electrons. The molecule has 22 heavy (non-hydrogen) atoms. The second kappa shape index (κ2) is 6.05. The van der Waals surface area contributed by atoms with Crippen molar-refractivity contribution in [3.05, 3.63) is 59.2 Å². The molecule has 3 rings (SSSR count). The number of amides is 1. The van der Waals surface area contributed by atoms with E-state index in [-0.39, 0.29) is 5.91 Å². The van der Waals surface area contributed by atoms with Gasteiger partial charge in [-0.3, -0.25) is 9.00 Å². The minimum Gasteiger partial charge on any atom is -0.307 e. The van der Waals surface area contributed by atoms with Gasteiger partial charge in [0.2, 0.25) is 0 Å². The molecule has 4 heteroatoms. The van der Waals surface area contributed by atoms with Gasteiger partial charge in [0.1, 0.15) is 0 Å². The summed E-state index contributed by atoms with van der Waals surface area (Å²) in [7, 11) is -1.04. The van der Waals surface area contributed by atoms with Gasteiger partial charge in [-0.1, -0.05) is 30.3 Å². The van der Waals surface area contributed by atoms with Crippen molar-refractivity contribution in [3.63, 3.8) is 0 Å². The number of benzene rings is 2. The Labute approximate surface area is 133 Å². The van der Waals surface area contributed by atoms with Crippen LogP contribution in [-0.4, -0.2) is 22.4 Å². The van der Waals surface area contributed by atoms with Gasteiger partial charge in [-0.25, -0.2) is 0 Å². The SMILES string of the molecule is Cc1ccc(C)c2c1N(C(=O)c1ccccc1)CCCS2=O. The van der Waals surface area contributed by atoms with Crippen LogP contribution in [0.3, 0.4) is 0 Å². The molecule has 2 aromatic rings.